The number of rotatable bonds is 2. The molecule has 0 amide bonds. The van der Waals surface area contributed by atoms with Gasteiger partial charge in [-0.05, 0) is 17.7 Å². The molecular weight excluding hydrogens is 190 g/mol. The average Bonchev–Trinajstić information content (AvgIpc) is 2.78. The van der Waals surface area contributed by atoms with E-state index in [1.54, 1.807) is 24.8 Å². The fourth-order valence-electron chi connectivity index (χ4n) is 1.31. The highest BCUT2D eigenvalue weighted by molar-refractivity contribution is 5.79. The first kappa shape index (κ1) is 9.58. The molecule has 0 aromatic carbocycles. The predicted octanol–water partition coefficient (Wildman–Crippen LogP) is 2.00. The quantitative estimate of drug-likeness (QED) is 0.746. The van der Waals surface area contributed by atoms with Crippen LogP contribution in [0.5, 0.6) is 0 Å². The molecule has 0 fully saturated rings. The number of carbonyl (C=O) groups is 1. The Morgan fingerprint density at radius 3 is 2.73 bits per heavy atom. The van der Waals surface area contributed by atoms with Crippen LogP contribution < -0.4 is 0 Å². The Hall–Kier alpha value is -1.97. The minimum Gasteiger partial charge on any atom is -0.273 e. The molecule has 2 aromatic rings. The summed E-state index contributed by atoms with van der Waals surface area (Å²) in [5.41, 5.74) is 1.94. The van der Waals surface area contributed by atoms with Crippen molar-refractivity contribution in [2.24, 2.45) is 0 Å². The van der Waals surface area contributed by atoms with E-state index in [0.717, 1.165) is 11.1 Å². The van der Waals surface area contributed by atoms with Gasteiger partial charge in [0, 0.05) is 30.6 Å². The van der Waals surface area contributed by atoms with Crippen LogP contribution >= 0.6 is 0 Å². The minimum absolute atomic E-state index is 0.00435. The Labute approximate surface area is 87.6 Å². The van der Waals surface area contributed by atoms with Gasteiger partial charge in [0.25, 0.3) is 0 Å². The Morgan fingerprint density at radius 2 is 2.07 bits per heavy atom. The summed E-state index contributed by atoms with van der Waals surface area (Å²) in [5.74, 6) is -0.00435. The van der Waals surface area contributed by atoms with Crippen LogP contribution in [0.25, 0.3) is 11.1 Å². The normalized spacial score (nSPS) is 10.2. The second kappa shape index (κ2) is 4.04. The predicted molar refractivity (Wildman–Crippen MR) is 56.4 cm³/mol. The maximum absolute atomic E-state index is 11.3. The molecule has 0 aliphatic rings. The van der Waals surface area contributed by atoms with Crippen LogP contribution in [0.2, 0.25) is 0 Å². The molecule has 76 valence electrons. The average molecular weight is 201 g/mol. The van der Waals surface area contributed by atoms with Crippen molar-refractivity contribution in [2.45, 2.75) is 13.3 Å². The molecule has 2 aromatic heterocycles. The second-order valence-electron chi connectivity index (χ2n) is 3.16. The zero-order valence-electron chi connectivity index (χ0n) is 8.42. The number of hydrogen-bond acceptors (Lipinski definition) is 3. The van der Waals surface area contributed by atoms with Gasteiger partial charge in [-0.15, -0.1) is 0 Å². The highest BCUT2D eigenvalue weighted by Crippen LogP contribution is 2.16. The molecule has 4 heteroatoms. The molecule has 4 nitrogen and oxygen atoms in total. The Kier molecular flexibility index (Phi) is 2.58. The third-order valence-corrected chi connectivity index (χ3v) is 2.15. The molecule has 0 atom stereocenters. The molecule has 2 rings (SSSR count). The van der Waals surface area contributed by atoms with Crippen LogP contribution in [0.1, 0.15) is 18.1 Å². The van der Waals surface area contributed by atoms with Crippen LogP contribution in [-0.4, -0.2) is 20.7 Å². The molecular formula is C11H11N3O. The van der Waals surface area contributed by atoms with Crippen molar-refractivity contribution in [3.05, 3.63) is 36.9 Å². The first-order chi connectivity index (χ1) is 7.31. The SMILES string of the molecule is CCC(=O)n1cc(-c2ccncc2)cn1. The van der Waals surface area contributed by atoms with Crippen molar-refractivity contribution in [2.75, 3.05) is 0 Å². The van der Waals surface area contributed by atoms with Crippen molar-refractivity contribution in [3.63, 3.8) is 0 Å². The van der Waals surface area contributed by atoms with Gasteiger partial charge in [-0.3, -0.25) is 9.78 Å². The molecule has 0 radical (unpaired) electrons. The van der Waals surface area contributed by atoms with Gasteiger partial charge in [-0.2, -0.15) is 5.10 Å². The monoisotopic (exact) mass is 201 g/mol. The largest absolute Gasteiger partial charge is 0.273 e. The standard InChI is InChI=1S/C11H11N3O/c1-2-11(15)14-8-10(7-13-14)9-3-5-12-6-4-9/h3-8H,2H2,1H3. The van der Waals surface area contributed by atoms with Crippen LogP contribution in [0.3, 0.4) is 0 Å². The molecule has 0 saturated carbocycles. The Bertz CT molecular complexity index is 462. The van der Waals surface area contributed by atoms with Crippen LogP contribution in [0, 0.1) is 0 Å². The van der Waals surface area contributed by atoms with Gasteiger partial charge in [0.1, 0.15) is 0 Å². The van der Waals surface area contributed by atoms with Crippen LogP contribution in [0.4, 0.5) is 0 Å². The van der Waals surface area contributed by atoms with Gasteiger partial charge in [0.15, 0.2) is 0 Å². The summed E-state index contributed by atoms with van der Waals surface area (Å²) in [6.07, 6.45) is 7.31. The molecule has 0 aliphatic heterocycles. The van der Waals surface area contributed by atoms with E-state index in [1.807, 2.05) is 19.1 Å². The molecule has 0 bridgehead atoms. The van der Waals surface area contributed by atoms with E-state index >= 15 is 0 Å². The van der Waals surface area contributed by atoms with E-state index in [4.69, 9.17) is 0 Å². The van der Waals surface area contributed by atoms with E-state index < -0.39 is 0 Å². The first-order valence-corrected chi connectivity index (χ1v) is 4.79. The lowest BCUT2D eigenvalue weighted by Crippen LogP contribution is -2.08. The molecule has 0 unspecified atom stereocenters. The van der Waals surface area contributed by atoms with Gasteiger partial charge < -0.3 is 0 Å². The van der Waals surface area contributed by atoms with Gasteiger partial charge in [0.2, 0.25) is 5.91 Å². The zero-order valence-corrected chi connectivity index (χ0v) is 8.42. The summed E-state index contributed by atoms with van der Waals surface area (Å²) in [6, 6.07) is 3.77. The highest BCUT2D eigenvalue weighted by atomic mass is 16.2. The molecule has 0 aliphatic carbocycles. The summed E-state index contributed by atoms with van der Waals surface area (Å²) in [7, 11) is 0. The lowest BCUT2D eigenvalue weighted by atomic mass is 10.1. The fourth-order valence-corrected chi connectivity index (χ4v) is 1.31. The van der Waals surface area contributed by atoms with E-state index in [-0.39, 0.29) is 5.91 Å². The van der Waals surface area contributed by atoms with Gasteiger partial charge in [0.05, 0.1) is 6.20 Å². The summed E-state index contributed by atoms with van der Waals surface area (Å²) >= 11 is 0. The zero-order chi connectivity index (χ0) is 10.7. The lowest BCUT2D eigenvalue weighted by Gasteiger charge is -1.95. The maximum Gasteiger partial charge on any atom is 0.246 e. The maximum atomic E-state index is 11.3. The van der Waals surface area contributed by atoms with E-state index in [9.17, 15) is 4.79 Å². The summed E-state index contributed by atoms with van der Waals surface area (Å²) in [4.78, 5) is 15.3. The number of nitrogens with zero attached hydrogens (tertiary/aromatic N) is 3. The Balaban J connectivity index is 2.32. The molecule has 2 heterocycles. The van der Waals surface area contributed by atoms with E-state index in [2.05, 4.69) is 10.1 Å². The van der Waals surface area contributed by atoms with Crippen LogP contribution in [-0.2, 0) is 0 Å². The summed E-state index contributed by atoms with van der Waals surface area (Å²) in [5, 5.41) is 4.01. The van der Waals surface area contributed by atoms with Gasteiger partial charge >= 0.3 is 0 Å². The van der Waals surface area contributed by atoms with Crippen molar-refractivity contribution in [3.8, 4) is 11.1 Å². The number of pyridine rings is 1. The second-order valence-corrected chi connectivity index (χ2v) is 3.16. The lowest BCUT2D eigenvalue weighted by molar-refractivity contribution is 0.0893. The van der Waals surface area contributed by atoms with Crippen molar-refractivity contribution in [1.29, 1.82) is 0 Å². The fraction of sp³-hybridized carbons (Fsp3) is 0.182. The third kappa shape index (κ3) is 1.93. The van der Waals surface area contributed by atoms with Crippen molar-refractivity contribution in [1.82, 2.24) is 14.8 Å². The minimum atomic E-state index is -0.00435. The molecule has 15 heavy (non-hydrogen) atoms. The third-order valence-electron chi connectivity index (χ3n) is 2.15. The first-order valence-electron chi connectivity index (χ1n) is 4.79. The molecule has 0 spiro atoms. The molecule has 0 saturated heterocycles. The summed E-state index contributed by atoms with van der Waals surface area (Å²) < 4.78 is 1.37. The van der Waals surface area contributed by atoms with E-state index in [0.29, 0.717) is 6.42 Å². The number of carbonyl (C=O) groups excluding carboxylic acids is 1. The smallest absolute Gasteiger partial charge is 0.246 e. The highest BCUT2D eigenvalue weighted by Gasteiger charge is 2.05. The number of hydrogen-bond donors (Lipinski definition) is 0. The van der Waals surface area contributed by atoms with Crippen molar-refractivity contribution >= 4 is 5.91 Å². The summed E-state index contributed by atoms with van der Waals surface area (Å²) in [6.45, 7) is 1.82. The van der Waals surface area contributed by atoms with Gasteiger partial charge in [-0.1, -0.05) is 6.92 Å². The Morgan fingerprint density at radius 1 is 1.33 bits per heavy atom. The van der Waals surface area contributed by atoms with Crippen molar-refractivity contribution < 1.29 is 4.79 Å². The number of aromatic nitrogens is 3. The van der Waals surface area contributed by atoms with Crippen LogP contribution in [0.15, 0.2) is 36.9 Å². The van der Waals surface area contributed by atoms with Gasteiger partial charge in [-0.25, -0.2) is 4.68 Å². The molecule has 0 N–H and O–H groups in total. The topological polar surface area (TPSA) is 47.8 Å². The van der Waals surface area contributed by atoms with E-state index in [1.165, 1.54) is 4.68 Å².